The molecular formula is C19H33N5O. The molecule has 3 rings (SSSR count). The molecule has 0 spiro atoms. The lowest BCUT2D eigenvalue weighted by molar-refractivity contribution is -0.134. The normalized spacial score (nSPS) is 21.2. The van der Waals surface area contributed by atoms with E-state index < -0.39 is 0 Å². The van der Waals surface area contributed by atoms with E-state index in [2.05, 4.69) is 42.2 Å². The summed E-state index contributed by atoms with van der Waals surface area (Å²) in [5, 5.41) is 8.56. The molecule has 0 aliphatic carbocycles. The van der Waals surface area contributed by atoms with Gasteiger partial charge in [0.25, 0.3) is 0 Å². The van der Waals surface area contributed by atoms with Crippen molar-refractivity contribution in [1.82, 2.24) is 24.8 Å². The Balaban J connectivity index is 1.44. The van der Waals surface area contributed by atoms with E-state index in [1.165, 1.54) is 19.3 Å². The summed E-state index contributed by atoms with van der Waals surface area (Å²) in [6.45, 7) is 11.0. The maximum absolute atomic E-state index is 12.6. The van der Waals surface area contributed by atoms with E-state index in [4.69, 9.17) is 0 Å². The van der Waals surface area contributed by atoms with Crippen LogP contribution in [0, 0.1) is 5.92 Å². The Hall–Kier alpha value is -1.43. The summed E-state index contributed by atoms with van der Waals surface area (Å²) in [5.41, 5.74) is 1.05. The van der Waals surface area contributed by atoms with Gasteiger partial charge in [-0.2, -0.15) is 0 Å². The average Bonchev–Trinajstić information content (AvgIpc) is 3.13. The van der Waals surface area contributed by atoms with Crippen LogP contribution in [0.1, 0.15) is 70.5 Å². The first-order chi connectivity index (χ1) is 12.1. The van der Waals surface area contributed by atoms with Gasteiger partial charge in [0.05, 0.1) is 18.3 Å². The Bertz CT molecular complexity index is 554. The van der Waals surface area contributed by atoms with Crippen LogP contribution in [-0.2, 0) is 4.79 Å². The Morgan fingerprint density at radius 3 is 2.40 bits per heavy atom. The summed E-state index contributed by atoms with van der Waals surface area (Å²) in [6, 6.07) is 0.379. The Morgan fingerprint density at radius 1 is 1.16 bits per heavy atom. The third-order valence-corrected chi connectivity index (χ3v) is 5.95. The molecule has 1 aromatic rings. The quantitative estimate of drug-likeness (QED) is 0.822. The highest BCUT2D eigenvalue weighted by Gasteiger charge is 2.27. The topological polar surface area (TPSA) is 54.3 Å². The Labute approximate surface area is 151 Å². The van der Waals surface area contributed by atoms with Crippen LogP contribution in [0.25, 0.3) is 0 Å². The van der Waals surface area contributed by atoms with Crippen molar-refractivity contribution in [3.8, 4) is 0 Å². The number of aromatic nitrogens is 3. The number of carbonyl (C=O) groups is 1. The zero-order valence-electron chi connectivity index (χ0n) is 16.0. The lowest BCUT2D eigenvalue weighted by atomic mass is 9.94. The van der Waals surface area contributed by atoms with Gasteiger partial charge in [-0.05, 0) is 50.6 Å². The highest BCUT2D eigenvalue weighted by molar-refractivity contribution is 5.78. The van der Waals surface area contributed by atoms with Crippen molar-refractivity contribution in [1.29, 1.82) is 0 Å². The minimum absolute atomic E-state index is 0.301. The molecule has 2 aliphatic heterocycles. The summed E-state index contributed by atoms with van der Waals surface area (Å²) in [4.78, 5) is 17.0. The Morgan fingerprint density at radius 2 is 1.84 bits per heavy atom. The van der Waals surface area contributed by atoms with Crippen molar-refractivity contribution in [2.75, 3.05) is 32.7 Å². The zero-order valence-corrected chi connectivity index (χ0v) is 16.0. The minimum atomic E-state index is 0.301. The largest absolute Gasteiger partial charge is 0.341 e. The number of piperidine rings is 2. The van der Waals surface area contributed by atoms with E-state index in [-0.39, 0.29) is 0 Å². The fourth-order valence-electron chi connectivity index (χ4n) is 3.96. The van der Waals surface area contributed by atoms with E-state index in [0.717, 1.165) is 50.6 Å². The van der Waals surface area contributed by atoms with Crippen molar-refractivity contribution in [3.05, 3.63) is 11.9 Å². The standard InChI is InChI=1S/C19H33N5O/c1-4-16-5-9-22(10-6-16)14-19(25)23-11-7-17(8-12-23)24-13-18(15(2)3)20-21-24/h13,15-17H,4-12,14H2,1-3H3. The molecule has 0 saturated carbocycles. The summed E-state index contributed by atoms with van der Waals surface area (Å²) in [5.74, 6) is 1.57. The predicted octanol–water partition coefficient (Wildman–Crippen LogP) is 2.69. The molecule has 0 atom stereocenters. The number of hydrogen-bond donors (Lipinski definition) is 0. The highest BCUT2D eigenvalue weighted by Crippen LogP contribution is 2.24. The number of rotatable bonds is 5. The van der Waals surface area contributed by atoms with Gasteiger partial charge in [-0.3, -0.25) is 9.69 Å². The van der Waals surface area contributed by atoms with Crippen molar-refractivity contribution in [2.45, 2.75) is 64.8 Å². The summed E-state index contributed by atoms with van der Waals surface area (Å²) in [7, 11) is 0. The molecule has 2 aliphatic rings. The van der Waals surface area contributed by atoms with Crippen molar-refractivity contribution in [3.63, 3.8) is 0 Å². The molecule has 1 amide bonds. The summed E-state index contributed by atoms with van der Waals surface area (Å²) < 4.78 is 2.01. The van der Waals surface area contributed by atoms with Gasteiger partial charge >= 0.3 is 0 Å². The van der Waals surface area contributed by atoms with Crippen LogP contribution in [0.4, 0.5) is 0 Å². The van der Waals surface area contributed by atoms with Gasteiger partial charge in [-0.15, -0.1) is 5.10 Å². The molecule has 6 heteroatoms. The van der Waals surface area contributed by atoms with Gasteiger partial charge in [0.2, 0.25) is 5.91 Å². The van der Waals surface area contributed by atoms with Crippen LogP contribution < -0.4 is 0 Å². The fourth-order valence-corrected chi connectivity index (χ4v) is 3.96. The van der Waals surface area contributed by atoms with E-state index >= 15 is 0 Å². The van der Waals surface area contributed by atoms with Crippen LogP contribution >= 0.6 is 0 Å². The second kappa shape index (κ2) is 8.30. The van der Waals surface area contributed by atoms with Gasteiger partial charge in [0, 0.05) is 19.3 Å². The van der Waals surface area contributed by atoms with Crippen molar-refractivity contribution in [2.24, 2.45) is 5.92 Å². The van der Waals surface area contributed by atoms with Crippen LogP contribution in [0.15, 0.2) is 6.20 Å². The van der Waals surface area contributed by atoms with Gasteiger partial charge in [-0.1, -0.05) is 32.4 Å². The molecule has 1 aromatic heterocycles. The maximum atomic E-state index is 12.6. The third-order valence-electron chi connectivity index (χ3n) is 5.95. The molecule has 0 bridgehead atoms. The predicted molar refractivity (Wildman–Crippen MR) is 98.4 cm³/mol. The first-order valence-corrected chi connectivity index (χ1v) is 9.98. The van der Waals surface area contributed by atoms with Crippen molar-refractivity contribution < 1.29 is 4.79 Å². The first kappa shape index (κ1) is 18.4. The number of likely N-dealkylation sites (tertiary alicyclic amines) is 2. The monoisotopic (exact) mass is 347 g/mol. The maximum Gasteiger partial charge on any atom is 0.236 e. The van der Waals surface area contributed by atoms with E-state index in [9.17, 15) is 4.79 Å². The zero-order chi connectivity index (χ0) is 17.8. The first-order valence-electron chi connectivity index (χ1n) is 9.98. The number of amides is 1. The molecule has 0 unspecified atom stereocenters. The lowest BCUT2D eigenvalue weighted by Gasteiger charge is -2.35. The van der Waals surface area contributed by atoms with Crippen LogP contribution in [-0.4, -0.2) is 63.4 Å². The molecule has 0 aromatic carbocycles. The van der Waals surface area contributed by atoms with Crippen LogP contribution in [0.5, 0.6) is 0 Å². The average molecular weight is 348 g/mol. The number of hydrogen-bond acceptors (Lipinski definition) is 4. The van der Waals surface area contributed by atoms with Gasteiger partial charge in [0.1, 0.15) is 0 Å². The van der Waals surface area contributed by atoms with Crippen LogP contribution in [0.2, 0.25) is 0 Å². The number of carbonyl (C=O) groups excluding carboxylic acids is 1. The van der Waals surface area contributed by atoms with Gasteiger partial charge in [0.15, 0.2) is 0 Å². The minimum Gasteiger partial charge on any atom is -0.341 e. The number of nitrogens with zero attached hydrogens (tertiary/aromatic N) is 5. The van der Waals surface area contributed by atoms with E-state index in [1.54, 1.807) is 0 Å². The molecule has 2 saturated heterocycles. The fraction of sp³-hybridized carbons (Fsp3) is 0.842. The van der Waals surface area contributed by atoms with Crippen LogP contribution in [0.3, 0.4) is 0 Å². The van der Waals surface area contributed by atoms with E-state index in [1.807, 2.05) is 9.58 Å². The molecule has 25 heavy (non-hydrogen) atoms. The summed E-state index contributed by atoms with van der Waals surface area (Å²) >= 11 is 0. The Kier molecular flexibility index (Phi) is 6.10. The van der Waals surface area contributed by atoms with Gasteiger partial charge in [-0.25, -0.2) is 4.68 Å². The molecule has 2 fully saturated rings. The molecule has 6 nitrogen and oxygen atoms in total. The molecule has 0 radical (unpaired) electrons. The van der Waals surface area contributed by atoms with E-state index in [0.29, 0.717) is 24.4 Å². The van der Waals surface area contributed by atoms with Crippen molar-refractivity contribution >= 4 is 5.91 Å². The van der Waals surface area contributed by atoms with Gasteiger partial charge < -0.3 is 4.90 Å². The SMILES string of the molecule is CCC1CCN(CC(=O)N2CCC(n3cc(C(C)C)nn3)CC2)CC1. The smallest absolute Gasteiger partial charge is 0.236 e. The summed E-state index contributed by atoms with van der Waals surface area (Å²) in [6.07, 6.45) is 7.79. The second-order valence-corrected chi connectivity index (χ2v) is 8.02. The highest BCUT2D eigenvalue weighted by atomic mass is 16.2. The lowest BCUT2D eigenvalue weighted by Crippen LogP contribution is -2.46. The molecule has 3 heterocycles. The molecular weight excluding hydrogens is 314 g/mol. The molecule has 140 valence electrons. The molecule has 0 N–H and O–H groups in total. The second-order valence-electron chi connectivity index (χ2n) is 8.02. The third kappa shape index (κ3) is 4.60.